The van der Waals surface area contributed by atoms with Gasteiger partial charge in [-0.1, -0.05) is 18.9 Å². The summed E-state index contributed by atoms with van der Waals surface area (Å²) >= 11 is 0. The molecule has 5 nitrogen and oxygen atoms in total. The normalized spacial score (nSPS) is 18.1. The van der Waals surface area contributed by atoms with Gasteiger partial charge in [0.2, 0.25) is 0 Å². The molecule has 1 heterocycles. The monoisotopic (exact) mass is 400 g/mol. The van der Waals surface area contributed by atoms with Crippen molar-refractivity contribution in [2.24, 2.45) is 0 Å². The molecule has 4 rings (SSSR count). The van der Waals surface area contributed by atoms with Crippen molar-refractivity contribution in [2.75, 3.05) is 23.0 Å². The van der Waals surface area contributed by atoms with Gasteiger partial charge < -0.3 is 10.2 Å². The van der Waals surface area contributed by atoms with E-state index in [0.717, 1.165) is 25.7 Å². The van der Waals surface area contributed by atoms with Gasteiger partial charge in [0.25, 0.3) is 0 Å². The van der Waals surface area contributed by atoms with E-state index in [2.05, 4.69) is 5.32 Å². The lowest BCUT2D eigenvalue weighted by Gasteiger charge is -2.24. The van der Waals surface area contributed by atoms with Crippen LogP contribution in [-0.4, -0.2) is 28.8 Å². The van der Waals surface area contributed by atoms with Crippen LogP contribution in [0.2, 0.25) is 0 Å². The van der Waals surface area contributed by atoms with Gasteiger partial charge in [0.05, 0.1) is 5.69 Å². The van der Waals surface area contributed by atoms with Crippen LogP contribution in [0.3, 0.4) is 0 Å². The molecule has 28 heavy (non-hydrogen) atoms. The van der Waals surface area contributed by atoms with Crippen molar-refractivity contribution in [3.63, 3.8) is 0 Å². The summed E-state index contributed by atoms with van der Waals surface area (Å²) < 4.78 is 26.1. The summed E-state index contributed by atoms with van der Waals surface area (Å²) in [5.74, 6) is -1.77. The van der Waals surface area contributed by atoms with Gasteiger partial charge >= 0.3 is 11.8 Å². The van der Waals surface area contributed by atoms with Crippen LogP contribution < -0.4 is 10.2 Å². The molecule has 1 aliphatic heterocycles. The molecule has 1 spiro atoms. The second-order valence-corrected chi connectivity index (χ2v) is 8.82. The fraction of sp³-hybridized carbons (Fsp3) is 0.333. The number of hydrogen-bond acceptors (Lipinski definition) is 3. The highest BCUT2D eigenvalue weighted by Gasteiger charge is 2.48. The summed E-state index contributed by atoms with van der Waals surface area (Å²) in [5, 5.41) is 2.59. The van der Waals surface area contributed by atoms with E-state index in [0.29, 0.717) is 28.4 Å². The lowest BCUT2D eigenvalue weighted by molar-refractivity contribution is -0.134. The van der Waals surface area contributed by atoms with Crippen LogP contribution in [0.5, 0.6) is 0 Å². The SMILES string of the molecule is C[S@@](=O)c1ccc(NC(=O)C(=O)N2CC3(CCCC3)c3c(F)cccc32)cc1. The number of amides is 2. The predicted octanol–water partition coefficient (Wildman–Crippen LogP) is 3.36. The van der Waals surface area contributed by atoms with Crippen LogP contribution >= 0.6 is 0 Å². The molecular formula is C21H21FN2O3S. The van der Waals surface area contributed by atoms with E-state index in [1.54, 1.807) is 42.7 Å². The highest BCUT2D eigenvalue weighted by molar-refractivity contribution is 7.84. The van der Waals surface area contributed by atoms with Crippen LogP contribution in [-0.2, 0) is 25.8 Å². The number of benzene rings is 2. The third-order valence-electron chi connectivity index (χ3n) is 5.72. The molecule has 1 atom stereocenters. The molecule has 2 amide bonds. The Balaban J connectivity index is 1.57. The van der Waals surface area contributed by atoms with Crippen molar-refractivity contribution < 1.29 is 18.2 Å². The highest BCUT2D eigenvalue weighted by atomic mass is 32.2. The summed E-state index contributed by atoms with van der Waals surface area (Å²) in [5.41, 5.74) is 1.13. The Labute approximate surface area is 165 Å². The van der Waals surface area contributed by atoms with Crippen LogP contribution in [0.15, 0.2) is 47.4 Å². The first kappa shape index (κ1) is 18.8. The fourth-order valence-electron chi connectivity index (χ4n) is 4.41. The van der Waals surface area contributed by atoms with Gasteiger partial charge in [-0.15, -0.1) is 0 Å². The highest BCUT2D eigenvalue weighted by Crippen LogP contribution is 2.51. The van der Waals surface area contributed by atoms with Gasteiger partial charge in [-0.25, -0.2) is 4.39 Å². The minimum atomic E-state index is -1.12. The fourth-order valence-corrected chi connectivity index (χ4v) is 4.93. The van der Waals surface area contributed by atoms with Crippen molar-refractivity contribution in [2.45, 2.75) is 36.0 Å². The molecule has 2 aliphatic rings. The average molecular weight is 400 g/mol. The van der Waals surface area contributed by atoms with Crippen molar-refractivity contribution in [3.05, 3.63) is 53.8 Å². The van der Waals surface area contributed by atoms with E-state index in [4.69, 9.17) is 0 Å². The molecular weight excluding hydrogens is 379 g/mol. The van der Waals surface area contributed by atoms with Crippen LogP contribution in [0.25, 0.3) is 0 Å². The zero-order valence-electron chi connectivity index (χ0n) is 15.5. The number of fused-ring (bicyclic) bond motifs is 2. The van der Waals surface area contributed by atoms with E-state index < -0.39 is 22.6 Å². The molecule has 0 radical (unpaired) electrons. The smallest absolute Gasteiger partial charge is 0.316 e. The lowest BCUT2D eigenvalue weighted by Crippen LogP contribution is -2.41. The molecule has 0 saturated heterocycles. The number of nitrogens with one attached hydrogen (secondary N) is 1. The van der Waals surface area contributed by atoms with E-state index in [-0.39, 0.29) is 11.2 Å². The first-order valence-electron chi connectivity index (χ1n) is 9.27. The van der Waals surface area contributed by atoms with E-state index in [1.807, 2.05) is 0 Å². The number of rotatable bonds is 2. The molecule has 0 bridgehead atoms. The summed E-state index contributed by atoms with van der Waals surface area (Å²) in [6.07, 6.45) is 5.20. The van der Waals surface area contributed by atoms with Gasteiger partial charge in [0, 0.05) is 45.2 Å². The zero-order valence-corrected chi connectivity index (χ0v) is 16.4. The van der Waals surface area contributed by atoms with Gasteiger partial charge in [-0.05, 0) is 49.2 Å². The third kappa shape index (κ3) is 3.13. The third-order valence-corrected chi connectivity index (χ3v) is 6.65. The molecule has 2 aromatic carbocycles. The van der Waals surface area contributed by atoms with Gasteiger partial charge in [-0.3, -0.25) is 13.8 Å². The van der Waals surface area contributed by atoms with E-state index in [9.17, 15) is 18.2 Å². The Kier molecular flexibility index (Phi) is 4.79. The van der Waals surface area contributed by atoms with Crippen LogP contribution in [0.4, 0.5) is 15.8 Å². The average Bonchev–Trinajstić information content (AvgIpc) is 3.28. The summed E-state index contributed by atoms with van der Waals surface area (Å²) in [6, 6.07) is 11.2. The molecule has 146 valence electrons. The summed E-state index contributed by atoms with van der Waals surface area (Å²) in [6.45, 7) is 0.337. The minimum Gasteiger partial charge on any atom is -0.318 e. The maximum Gasteiger partial charge on any atom is 0.316 e. The molecule has 0 unspecified atom stereocenters. The van der Waals surface area contributed by atoms with Crippen LogP contribution in [0.1, 0.15) is 31.2 Å². The maximum absolute atomic E-state index is 14.6. The topological polar surface area (TPSA) is 66.5 Å². The number of carbonyl (C=O) groups excluding carboxylic acids is 2. The second kappa shape index (κ2) is 7.13. The Morgan fingerprint density at radius 1 is 1.11 bits per heavy atom. The van der Waals surface area contributed by atoms with Crippen molar-refractivity contribution in [1.29, 1.82) is 0 Å². The minimum absolute atomic E-state index is 0.307. The predicted molar refractivity (Wildman–Crippen MR) is 106 cm³/mol. The number of carbonyl (C=O) groups is 2. The number of nitrogens with zero attached hydrogens (tertiary/aromatic N) is 1. The molecule has 1 saturated carbocycles. The molecule has 1 aliphatic carbocycles. The Morgan fingerprint density at radius 2 is 1.79 bits per heavy atom. The van der Waals surface area contributed by atoms with Gasteiger partial charge in [0.15, 0.2) is 0 Å². The Hall–Kier alpha value is -2.54. The first-order valence-corrected chi connectivity index (χ1v) is 10.8. The van der Waals surface area contributed by atoms with Crippen molar-refractivity contribution >= 4 is 34.0 Å². The van der Waals surface area contributed by atoms with Gasteiger partial charge in [0.1, 0.15) is 5.82 Å². The van der Waals surface area contributed by atoms with Crippen molar-refractivity contribution in [3.8, 4) is 0 Å². The standard InChI is InChI=1S/C21H21FN2O3S/c1-28(27)15-9-7-14(8-10-15)23-19(25)20(26)24-13-21(11-2-3-12-21)18-16(22)5-4-6-17(18)24/h4-10H,2-3,11-13H2,1H3,(H,23,25)/t28-/m1/s1. The largest absolute Gasteiger partial charge is 0.318 e. The Morgan fingerprint density at radius 3 is 2.43 bits per heavy atom. The molecule has 7 heteroatoms. The Bertz CT molecular complexity index is 968. The first-order chi connectivity index (χ1) is 13.4. The molecule has 0 aromatic heterocycles. The number of halogens is 1. The van der Waals surface area contributed by atoms with Crippen molar-refractivity contribution in [1.82, 2.24) is 0 Å². The number of anilines is 2. The summed E-state index contributed by atoms with van der Waals surface area (Å²) in [4.78, 5) is 27.5. The number of hydrogen-bond donors (Lipinski definition) is 1. The molecule has 2 aromatic rings. The van der Waals surface area contributed by atoms with E-state index in [1.165, 1.54) is 11.0 Å². The molecule has 1 N–H and O–H groups in total. The second-order valence-electron chi connectivity index (χ2n) is 7.45. The van der Waals surface area contributed by atoms with Gasteiger partial charge in [-0.2, -0.15) is 0 Å². The maximum atomic E-state index is 14.6. The lowest BCUT2D eigenvalue weighted by atomic mass is 9.80. The zero-order chi connectivity index (χ0) is 19.9. The summed E-state index contributed by atoms with van der Waals surface area (Å²) in [7, 11) is -1.12. The van der Waals surface area contributed by atoms with E-state index >= 15 is 0 Å². The molecule has 1 fully saturated rings. The van der Waals surface area contributed by atoms with Crippen LogP contribution in [0, 0.1) is 5.82 Å². The quantitative estimate of drug-likeness (QED) is 0.786.